The summed E-state index contributed by atoms with van der Waals surface area (Å²) < 4.78 is 43.1. The van der Waals surface area contributed by atoms with E-state index in [1.54, 1.807) is 17.4 Å². The van der Waals surface area contributed by atoms with Crippen LogP contribution in [-0.4, -0.2) is 28.2 Å². The molecule has 2 aromatic heterocycles. The summed E-state index contributed by atoms with van der Waals surface area (Å²) >= 11 is 1.56. The van der Waals surface area contributed by atoms with Crippen molar-refractivity contribution in [3.8, 4) is 11.8 Å². The Labute approximate surface area is 190 Å². The van der Waals surface area contributed by atoms with Gasteiger partial charge in [-0.25, -0.2) is 4.98 Å². The zero-order chi connectivity index (χ0) is 23.6. The summed E-state index contributed by atoms with van der Waals surface area (Å²) in [6.07, 6.45) is 0.868. The molecule has 0 atom stereocenters. The van der Waals surface area contributed by atoms with Gasteiger partial charge in [-0.3, -0.25) is 14.2 Å². The molecule has 0 radical (unpaired) electrons. The summed E-state index contributed by atoms with van der Waals surface area (Å²) in [6.45, 7) is -1.40. The predicted octanol–water partition coefficient (Wildman–Crippen LogP) is 4.18. The van der Waals surface area contributed by atoms with Crippen molar-refractivity contribution < 1.29 is 22.7 Å². The van der Waals surface area contributed by atoms with Gasteiger partial charge in [0.25, 0.3) is 5.56 Å². The van der Waals surface area contributed by atoms with Gasteiger partial charge >= 0.3 is 6.18 Å². The SMILES string of the molecule is N#Cc1cc(NC(=O)CCn2cnc3sc4c(c3c2=O)CCCC4)ccc1OCC(F)(F)F. The van der Waals surface area contributed by atoms with Crippen LogP contribution in [0.1, 0.15) is 35.3 Å². The molecular formula is C22H19F3N4O3S. The number of carbonyl (C=O) groups excluding carboxylic acids is 1. The maximum Gasteiger partial charge on any atom is 0.422 e. The maximum atomic E-state index is 13.0. The Morgan fingerprint density at radius 1 is 1.30 bits per heavy atom. The smallest absolute Gasteiger partial charge is 0.422 e. The van der Waals surface area contributed by atoms with E-state index in [4.69, 9.17) is 0 Å². The van der Waals surface area contributed by atoms with Gasteiger partial charge in [-0.1, -0.05) is 0 Å². The second kappa shape index (κ2) is 9.23. The second-order valence-electron chi connectivity index (χ2n) is 7.66. The van der Waals surface area contributed by atoms with Crippen molar-refractivity contribution >= 4 is 33.1 Å². The van der Waals surface area contributed by atoms with E-state index in [2.05, 4.69) is 15.0 Å². The van der Waals surface area contributed by atoms with Gasteiger partial charge in [-0.2, -0.15) is 18.4 Å². The number of hydrogen-bond donors (Lipinski definition) is 1. The number of carbonyl (C=O) groups is 1. The molecule has 1 aliphatic rings. The molecule has 0 unspecified atom stereocenters. The van der Waals surface area contributed by atoms with Crippen molar-refractivity contribution in [2.45, 2.75) is 44.8 Å². The monoisotopic (exact) mass is 476 g/mol. The van der Waals surface area contributed by atoms with E-state index in [0.717, 1.165) is 36.1 Å². The number of nitrogens with one attached hydrogen (secondary N) is 1. The van der Waals surface area contributed by atoms with Crippen molar-refractivity contribution in [2.24, 2.45) is 0 Å². The first kappa shape index (κ1) is 22.8. The summed E-state index contributed by atoms with van der Waals surface area (Å²) in [4.78, 5) is 31.7. The van der Waals surface area contributed by atoms with Crippen molar-refractivity contribution in [2.75, 3.05) is 11.9 Å². The number of anilines is 1. The van der Waals surface area contributed by atoms with Crippen LogP contribution in [-0.2, 0) is 24.2 Å². The number of fused-ring (bicyclic) bond motifs is 3. The summed E-state index contributed by atoms with van der Waals surface area (Å²) in [6, 6.07) is 5.54. The molecule has 0 saturated carbocycles. The van der Waals surface area contributed by atoms with Crippen molar-refractivity contribution in [1.29, 1.82) is 5.26 Å². The van der Waals surface area contributed by atoms with Crippen LogP contribution in [0, 0.1) is 11.3 Å². The lowest BCUT2D eigenvalue weighted by Gasteiger charge is -2.12. The number of alkyl halides is 3. The highest BCUT2D eigenvalue weighted by atomic mass is 32.1. The minimum Gasteiger partial charge on any atom is -0.483 e. The average molecular weight is 476 g/mol. The lowest BCUT2D eigenvalue weighted by Crippen LogP contribution is -2.24. The fraction of sp³-hybridized carbons (Fsp3) is 0.364. The van der Waals surface area contributed by atoms with E-state index in [-0.39, 0.29) is 35.5 Å². The molecule has 11 heteroatoms. The maximum absolute atomic E-state index is 13.0. The Kier molecular flexibility index (Phi) is 6.37. The molecule has 3 aromatic rings. The van der Waals surface area contributed by atoms with Gasteiger partial charge in [0.2, 0.25) is 5.91 Å². The number of rotatable bonds is 6. The lowest BCUT2D eigenvalue weighted by molar-refractivity contribution is -0.153. The van der Waals surface area contributed by atoms with E-state index in [1.165, 1.54) is 34.0 Å². The highest BCUT2D eigenvalue weighted by Crippen LogP contribution is 2.33. The minimum absolute atomic E-state index is 0.0202. The lowest BCUT2D eigenvalue weighted by atomic mass is 9.97. The van der Waals surface area contributed by atoms with Gasteiger partial charge < -0.3 is 10.1 Å². The normalized spacial score (nSPS) is 13.4. The third-order valence-electron chi connectivity index (χ3n) is 5.30. The molecule has 0 fully saturated rings. The summed E-state index contributed by atoms with van der Waals surface area (Å²) in [5.74, 6) is -0.639. The van der Waals surface area contributed by atoms with Crippen molar-refractivity contribution in [1.82, 2.24) is 9.55 Å². The first-order valence-electron chi connectivity index (χ1n) is 10.3. The van der Waals surface area contributed by atoms with E-state index in [0.29, 0.717) is 5.39 Å². The van der Waals surface area contributed by atoms with E-state index < -0.39 is 18.7 Å². The third kappa shape index (κ3) is 5.17. The molecule has 172 valence electrons. The Balaban J connectivity index is 1.42. The Morgan fingerprint density at radius 3 is 2.85 bits per heavy atom. The number of thiophene rings is 1. The number of amides is 1. The number of aromatic nitrogens is 2. The fourth-order valence-corrected chi connectivity index (χ4v) is 4.99. The number of hydrogen-bond acceptors (Lipinski definition) is 6. The highest BCUT2D eigenvalue weighted by molar-refractivity contribution is 7.18. The predicted molar refractivity (Wildman–Crippen MR) is 116 cm³/mol. The van der Waals surface area contributed by atoms with Crippen molar-refractivity contribution in [3.05, 3.63) is 50.9 Å². The van der Waals surface area contributed by atoms with E-state index in [1.807, 2.05) is 0 Å². The zero-order valence-corrected chi connectivity index (χ0v) is 18.2. The minimum atomic E-state index is -4.53. The quantitative estimate of drug-likeness (QED) is 0.576. The van der Waals surface area contributed by atoms with Crippen molar-refractivity contribution in [3.63, 3.8) is 0 Å². The van der Waals surface area contributed by atoms with Crippen LogP contribution in [0.3, 0.4) is 0 Å². The van der Waals surface area contributed by atoms with Crippen LogP contribution in [0.2, 0.25) is 0 Å². The Bertz CT molecular complexity index is 1310. The van der Waals surface area contributed by atoms with Gasteiger partial charge in [0.05, 0.1) is 17.3 Å². The molecule has 4 rings (SSSR count). The Hall–Kier alpha value is -3.39. The zero-order valence-electron chi connectivity index (χ0n) is 17.4. The molecule has 1 N–H and O–H groups in total. The first-order valence-corrected chi connectivity index (χ1v) is 11.1. The number of halogens is 3. The molecule has 2 heterocycles. The van der Waals surface area contributed by atoms with Crippen LogP contribution in [0.25, 0.3) is 10.2 Å². The average Bonchev–Trinajstić information content (AvgIpc) is 3.16. The van der Waals surface area contributed by atoms with Crippen LogP contribution in [0.4, 0.5) is 18.9 Å². The molecule has 1 aromatic carbocycles. The van der Waals surface area contributed by atoms with Gasteiger partial charge in [-0.05, 0) is 49.4 Å². The summed E-state index contributed by atoms with van der Waals surface area (Å²) in [5.41, 5.74) is 1.02. The number of nitrogens with zero attached hydrogens (tertiary/aromatic N) is 3. The van der Waals surface area contributed by atoms with Gasteiger partial charge in [0.15, 0.2) is 6.61 Å². The fourth-order valence-electron chi connectivity index (χ4n) is 3.77. The molecule has 1 aliphatic carbocycles. The number of nitriles is 1. The number of benzene rings is 1. The van der Waals surface area contributed by atoms with Crippen LogP contribution in [0.15, 0.2) is 29.3 Å². The van der Waals surface area contributed by atoms with Gasteiger partial charge in [-0.15, -0.1) is 11.3 Å². The molecular weight excluding hydrogens is 457 g/mol. The third-order valence-corrected chi connectivity index (χ3v) is 6.50. The highest BCUT2D eigenvalue weighted by Gasteiger charge is 2.29. The molecule has 1 amide bonds. The van der Waals surface area contributed by atoms with Gasteiger partial charge in [0.1, 0.15) is 16.6 Å². The molecule has 0 saturated heterocycles. The first-order chi connectivity index (χ1) is 15.7. The largest absolute Gasteiger partial charge is 0.483 e. The summed E-state index contributed by atoms with van der Waals surface area (Å²) in [5, 5.41) is 12.4. The number of ether oxygens (including phenoxy) is 1. The molecule has 33 heavy (non-hydrogen) atoms. The van der Waals surface area contributed by atoms with Gasteiger partial charge in [0, 0.05) is 23.5 Å². The van der Waals surface area contributed by atoms with Crippen LogP contribution >= 0.6 is 11.3 Å². The Morgan fingerprint density at radius 2 is 2.09 bits per heavy atom. The summed E-state index contributed by atoms with van der Waals surface area (Å²) in [7, 11) is 0. The molecule has 0 spiro atoms. The molecule has 0 bridgehead atoms. The molecule has 0 aliphatic heterocycles. The van der Waals surface area contributed by atoms with E-state index in [9.17, 15) is 28.0 Å². The topological polar surface area (TPSA) is 97.0 Å². The van der Waals surface area contributed by atoms with Crippen LogP contribution in [0.5, 0.6) is 5.75 Å². The standard InChI is InChI=1S/C22H19F3N4O3S/c23-22(24,25)11-32-16-6-5-14(9-13(16)10-26)28-18(30)7-8-29-12-27-20-19(21(29)31)15-3-1-2-4-17(15)33-20/h5-6,9,12H,1-4,7-8,11H2,(H,28,30). The number of aryl methyl sites for hydroxylation is 3. The van der Waals surface area contributed by atoms with E-state index >= 15 is 0 Å². The molecule has 7 nitrogen and oxygen atoms in total. The second-order valence-corrected chi connectivity index (χ2v) is 8.74. The van der Waals surface area contributed by atoms with Crippen LogP contribution < -0.4 is 15.6 Å².